The Kier molecular flexibility index (Phi) is 5.26. The third kappa shape index (κ3) is 4.06. The maximum Gasteiger partial charge on any atom is 0.139 e. The Bertz CT molecular complexity index is 900. The highest BCUT2D eigenvalue weighted by Crippen LogP contribution is 2.26. The van der Waals surface area contributed by atoms with E-state index in [1.165, 1.54) is 16.7 Å². The van der Waals surface area contributed by atoms with Crippen LogP contribution in [0.4, 0.5) is 0 Å². The van der Waals surface area contributed by atoms with Crippen molar-refractivity contribution in [2.75, 3.05) is 13.2 Å². The van der Waals surface area contributed by atoms with Gasteiger partial charge in [-0.15, -0.1) is 0 Å². The standard InChI is InChI=1S/C23H24N2O2/c1-16(17-5-3-2-4-6-17)11-21(26)13-20-12-19-14-25-23(22(19)15-24-20)18-7-9-27-10-8-18/h2-7,12,15-16H,8-11,13-14H2,1H3/t16-/m0/s1. The number of aliphatic imine (C=N–C) groups is 1. The quantitative estimate of drug-likeness (QED) is 0.781. The van der Waals surface area contributed by atoms with Crippen molar-refractivity contribution in [2.24, 2.45) is 4.99 Å². The van der Waals surface area contributed by atoms with E-state index in [1.807, 2.05) is 24.4 Å². The first-order chi connectivity index (χ1) is 13.2. The van der Waals surface area contributed by atoms with Crippen molar-refractivity contribution in [3.05, 3.63) is 76.6 Å². The van der Waals surface area contributed by atoms with Crippen LogP contribution >= 0.6 is 0 Å². The van der Waals surface area contributed by atoms with Gasteiger partial charge in [0.15, 0.2) is 0 Å². The van der Waals surface area contributed by atoms with Crippen molar-refractivity contribution in [3.63, 3.8) is 0 Å². The number of nitrogens with zero attached hydrogens (tertiary/aromatic N) is 2. The predicted octanol–water partition coefficient (Wildman–Crippen LogP) is 4.04. The number of hydrogen-bond acceptors (Lipinski definition) is 4. The Labute approximate surface area is 160 Å². The summed E-state index contributed by atoms with van der Waals surface area (Å²) in [6.07, 6.45) is 5.82. The highest BCUT2D eigenvalue weighted by molar-refractivity contribution is 6.14. The fourth-order valence-electron chi connectivity index (χ4n) is 3.77. The van der Waals surface area contributed by atoms with Gasteiger partial charge in [0.2, 0.25) is 0 Å². The Morgan fingerprint density at radius 2 is 2.11 bits per heavy atom. The molecule has 4 rings (SSSR count). The highest BCUT2D eigenvalue weighted by Gasteiger charge is 2.22. The molecular formula is C23H24N2O2. The molecule has 0 fully saturated rings. The molecule has 2 aliphatic heterocycles. The van der Waals surface area contributed by atoms with Crippen molar-refractivity contribution in [1.82, 2.24) is 4.98 Å². The van der Waals surface area contributed by atoms with Crippen LogP contribution in [0.1, 0.15) is 48.1 Å². The zero-order valence-corrected chi connectivity index (χ0v) is 15.6. The van der Waals surface area contributed by atoms with Crippen LogP contribution in [-0.4, -0.2) is 29.7 Å². The second-order valence-electron chi connectivity index (χ2n) is 7.28. The topological polar surface area (TPSA) is 51.5 Å². The zero-order valence-electron chi connectivity index (χ0n) is 15.6. The molecule has 2 aromatic rings. The minimum absolute atomic E-state index is 0.225. The van der Waals surface area contributed by atoms with Crippen molar-refractivity contribution in [2.45, 2.75) is 38.6 Å². The van der Waals surface area contributed by atoms with Gasteiger partial charge in [0, 0.05) is 30.3 Å². The lowest BCUT2D eigenvalue weighted by molar-refractivity contribution is -0.118. The number of rotatable bonds is 6. The molecule has 0 amide bonds. The van der Waals surface area contributed by atoms with Gasteiger partial charge in [-0.1, -0.05) is 43.3 Å². The van der Waals surface area contributed by atoms with Crippen LogP contribution in [0.2, 0.25) is 0 Å². The number of ether oxygens (including phenoxy) is 1. The first-order valence-corrected chi connectivity index (χ1v) is 9.57. The molecule has 1 aromatic heterocycles. The van der Waals surface area contributed by atoms with E-state index in [0.717, 1.165) is 30.0 Å². The van der Waals surface area contributed by atoms with E-state index in [-0.39, 0.29) is 11.7 Å². The maximum atomic E-state index is 12.5. The lowest BCUT2D eigenvalue weighted by Crippen LogP contribution is -2.13. The van der Waals surface area contributed by atoms with Crippen LogP contribution in [0.5, 0.6) is 0 Å². The molecule has 27 heavy (non-hydrogen) atoms. The fourth-order valence-corrected chi connectivity index (χ4v) is 3.77. The maximum absolute atomic E-state index is 12.5. The molecule has 0 N–H and O–H groups in total. The predicted molar refractivity (Wildman–Crippen MR) is 106 cm³/mol. The lowest BCUT2D eigenvalue weighted by atomic mass is 9.94. The molecular weight excluding hydrogens is 336 g/mol. The van der Waals surface area contributed by atoms with Gasteiger partial charge in [-0.2, -0.15) is 0 Å². The summed E-state index contributed by atoms with van der Waals surface area (Å²) in [5.74, 6) is 0.452. The molecule has 3 heterocycles. The summed E-state index contributed by atoms with van der Waals surface area (Å²) in [7, 11) is 0. The summed E-state index contributed by atoms with van der Waals surface area (Å²) in [4.78, 5) is 21.8. The summed E-state index contributed by atoms with van der Waals surface area (Å²) in [5.41, 5.74) is 6.63. The average Bonchev–Trinajstić information content (AvgIpc) is 3.12. The summed E-state index contributed by atoms with van der Waals surface area (Å²) in [6, 6.07) is 12.2. The normalized spacial score (nSPS) is 17.1. The number of ketones is 1. The fraction of sp³-hybridized carbons (Fsp3) is 0.348. The van der Waals surface area contributed by atoms with Crippen molar-refractivity contribution in [1.29, 1.82) is 0 Å². The van der Waals surface area contributed by atoms with E-state index in [0.29, 0.717) is 26.0 Å². The molecule has 1 aromatic carbocycles. The zero-order chi connectivity index (χ0) is 18.6. The van der Waals surface area contributed by atoms with E-state index in [4.69, 9.17) is 9.73 Å². The number of pyridine rings is 1. The van der Waals surface area contributed by atoms with Crippen LogP contribution < -0.4 is 0 Å². The monoisotopic (exact) mass is 360 g/mol. The third-order valence-electron chi connectivity index (χ3n) is 5.26. The SMILES string of the molecule is C[C@@H](CC(=O)Cc1cc2c(cn1)C(C1=CCOCC1)=NC2)c1ccccc1. The largest absolute Gasteiger partial charge is 0.377 e. The van der Waals surface area contributed by atoms with Gasteiger partial charge < -0.3 is 4.74 Å². The van der Waals surface area contributed by atoms with Gasteiger partial charge in [-0.3, -0.25) is 14.8 Å². The van der Waals surface area contributed by atoms with Gasteiger partial charge in [0.25, 0.3) is 0 Å². The minimum Gasteiger partial charge on any atom is -0.377 e. The molecule has 138 valence electrons. The van der Waals surface area contributed by atoms with Gasteiger partial charge in [-0.25, -0.2) is 0 Å². The Balaban J connectivity index is 1.41. The van der Waals surface area contributed by atoms with E-state index in [2.05, 4.69) is 36.2 Å². The summed E-state index contributed by atoms with van der Waals surface area (Å²) < 4.78 is 5.39. The molecule has 2 aliphatic rings. The van der Waals surface area contributed by atoms with Gasteiger partial charge in [-0.05, 0) is 35.1 Å². The van der Waals surface area contributed by atoms with Gasteiger partial charge in [0.05, 0.1) is 25.5 Å². The molecule has 0 radical (unpaired) electrons. The van der Waals surface area contributed by atoms with E-state index in [9.17, 15) is 4.79 Å². The second-order valence-corrected chi connectivity index (χ2v) is 7.28. The smallest absolute Gasteiger partial charge is 0.139 e. The minimum atomic E-state index is 0.225. The summed E-state index contributed by atoms with van der Waals surface area (Å²) in [6.45, 7) is 4.18. The van der Waals surface area contributed by atoms with E-state index < -0.39 is 0 Å². The Morgan fingerprint density at radius 3 is 2.89 bits per heavy atom. The van der Waals surface area contributed by atoms with Crippen LogP contribution in [0, 0.1) is 0 Å². The molecule has 0 unspecified atom stereocenters. The average molecular weight is 360 g/mol. The molecule has 0 saturated carbocycles. The molecule has 4 heteroatoms. The van der Waals surface area contributed by atoms with Crippen molar-refractivity contribution < 1.29 is 9.53 Å². The number of carbonyl (C=O) groups excluding carboxylic acids is 1. The lowest BCUT2D eigenvalue weighted by Gasteiger charge is -2.14. The number of carbonyl (C=O) groups is 1. The number of Topliss-reactive ketones (excluding diaryl/α,β-unsaturated/α-hetero) is 1. The second kappa shape index (κ2) is 7.97. The highest BCUT2D eigenvalue weighted by atomic mass is 16.5. The molecule has 1 atom stereocenters. The Hall–Kier alpha value is -2.59. The van der Waals surface area contributed by atoms with Crippen molar-refractivity contribution >= 4 is 11.5 Å². The summed E-state index contributed by atoms with van der Waals surface area (Å²) >= 11 is 0. The number of hydrogen-bond donors (Lipinski definition) is 0. The molecule has 0 aliphatic carbocycles. The van der Waals surface area contributed by atoms with Gasteiger partial charge >= 0.3 is 0 Å². The molecule has 0 saturated heterocycles. The first-order valence-electron chi connectivity index (χ1n) is 9.57. The van der Waals surface area contributed by atoms with Crippen LogP contribution in [0.25, 0.3) is 0 Å². The molecule has 0 bridgehead atoms. The summed E-state index contributed by atoms with van der Waals surface area (Å²) in [5, 5.41) is 0. The first kappa shape index (κ1) is 17.8. The van der Waals surface area contributed by atoms with Crippen molar-refractivity contribution in [3.8, 4) is 0 Å². The van der Waals surface area contributed by atoms with Crippen LogP contribution in [-0.2, 0) is 22.5 Å². The number of fused-ring (bicyclic) bond motifs is 1. The number of benzene rings is 1. The van der Waals surface area contributed by atoms with Gasteiger partial charge in [0.1, 0.15) is 5.78 Å². The molecule has 4 nitrogen and oxygen atoms in total. The third-order valence-corrected chi connectivity index (χ3v) is 5.26. The molecule has 0 spiro atoms. The Morgan fingerprint density at radius 1 is 1.26 bits per heavy atom. The van der Waals surface area contributed by atoms with Crippen LogP contribution in [0.3, 0.4) is 0 Å². The van der Waals surface area contributed by atoms with Crippen LogP contribution in [0.15, 0.2) is 59.2 Å². The van der Waals surface area contributed by atoms with E-state index in [1.54, 1.807) is 0 Å². The number of aromatic nitrogens is 1. The van der Waals surface area contributed by atoms with E-state index >= 15 is 0 Å².